The van der Waals surface area contributed by atoms with Crippen LogP contribution >= 0.6 is 22.6 Å². The number of benzene rings is 1. The van der Waals surface area contributed by atoms with Crippen LogP contribution in [0.15, 0.2) is 23.4 Å². The Hall–Kier alpha value is -1.38. The molecule has 7 heteroatoms. The molecule has 3 N–H and O–H groups in total. The van der Waals surface area contributed by atoms with Gasteiger partial charge in [0.25, 0.3) is 5.91 Å². The van der Waals surface area contributed by atoms with Gasteiger partial charge < -0.3 is 15.8 Å². The van der Waals surface area contributed by atoms with E-state index in [1.807, 2.05) is 22.6 Å². The zero-order valence-electron chi connectivity index (χ0n) is 9.73. The maximum atomic E-state index is 13.0. The second kappa shape index (κ2) is 6.53. The fraction of sp³-hybridized carbons (Fsp3) is 0.273. The van der Waals surface area contributed by atoms with Gasteiger partial charge in [0.15, 0.2) is 5.84 Å². The predicted octanol–water partition coefficient (Wildman–Crippen LogP) is 1.64. The molecule has 0 bridgehead atoms. The van der Waals surface area contributed by atoms with Crippen molar-refractivity contribution in [2.24, 2.45) is 10.9 Å². The molecule has 0 unspecified atom stereocenters. The number of hydrogen-bond acceptors (Lipinski definition) is 3. The number of hydrogen-bond donors (Lipinski definition) is 2. The smallest absolute Gasteiger partial charge is 0.255 e. The summed E-state index contributed by atoms with van der Waals surface area (Å²) < 4.78 is 13.5. The molecule has 0 saturated carbocycles. The van der Waals surface area contributed by atoms with E-state index in [4.69, 9.17) is 10.9 Å². The van der Waals surface area contributed by atoms with Crippen LogP contribution in [-0.4, -0.2) is 34.9 Å². The summed E-state index contributed by atoms with van der Waals surface area (Å²) in [5.41, 5.74) is 5.76. The molecule has 0 heterocycles. The van der Waals surface area contributed by atoms with Crippen LogP contribution in [0.3, 0.4) is 0 Å². The number of nitrogens with zero attached hydrogens (tertiary/aromatic N) is 2. The molecular formula is C11H13FIN3O2. The summed E-state index contributed by atoms with van der Waals surface area (Å²) in [5.74, 6) is -0.730. The van der Waals surface area contributed by atoms with Crippen LogP contribution in [0.1, 0.15) is 17.3 Å². The minimum absolute atomic E-state index is 0.0271. The standard InChI is InChI=1S/C11H13FIN3O2/c1-2-16(6-10(14)15-18)11(17)8-4-3-7(12)5-9(8)13/h3-5,18H,2,6H2,1H3,(H2,14,15). The number of nitrogens with two attached hydrogens (primary N) is 1. The van der Waals surface area contributed by atoms with Crippen LogP contribution in [-0.2, 0) is 0 Å². The number of carbonyl (C=O) groups is 1. The van der Waals surface area contributed by atoms with Gasteiger partial charge in [-0.15, -0.1) is 0 Å². The van der Waals surface area contributed by atoms with E-state index in [-0.39, 0.29) is 18.3 Å². The van der Waals surface area contributed by atoms with Gasteiger partial charge in [0, 0.05) is 10.1 Å². The van der Waals surface area contributed by atoms with E-state index in [0.717, 1.165) is 0 Å². The van der Waals surface area contributed by atoms with Gasteiger partial charge >= 0.3 is 0 Å². The van der Waals surface area contributed by atoms with Crippen LogP contribution in [0.25, 0.3) is 0 Å². The summed E-state index contributed by atoms with van der Waals surface area (Å²) in [7, 11) is 0. The molecule has 0 aliphatic rings. The van der Waals surface area contributed by atoms with Gasteiger partial charge in [-0.05, 0) is 47.7 Å². The third-order valence-corrected chi connectivity index (χ3v) is 3.20. The molecule has 0 aromatic heterocycles. The fourth-order valence-corrected chi connectivity index (χ4v) is 2.10. The molecule has 5 nitrogen and oxygen atoms in total. The Balaban J connectivity index is 2.96. The minimum Gasteiger partial charge on any atom is -0.409 e. The Labute approximate surface area is 118 Å². The first-order valence-corrected chi connectivity index (χ1v) is 6.28. The van der Waals surface area contributed by atoms with Gasteiger partial charge in [-0.1, -0.05) is 5.16 Å². The van der Waals surface area contributed by atoms with E-state index in [2.05, 4.69) is 5.16 Å². The van der Waals surface area contributed by atoms with Crippen molar-refractivity contribution in [1.29, 1.82) is 0 Å². The topological polar surface area (TPSA) is 78.9 Å². The first-order valence-electron chi connectivity index (χ1n) is 5.20. The lowest BCUT2D eigenvalue weighted by molar-refractivity contribution is 0.0785. The van der Waals surface area contributed by atoms with E-state index in [0.29, 0.717) is 15.7 Å². The average molecular weight is 365 g/mol. The molecule has 1 rings (SSSR count). The minimum atomic E-state index is -0.393. The van der Waals surface area contributed by atoms with Crippen molar-refractivity contribution >= 4 is 34.3 Å². The summed E-state index contributed by atoms with van der Waals surface area (Å²) >= 11 is 1.90. The SMILES string of the molecule is CCN(C/C(N)=N/O)C(=O)c1ccc(F)cc1I. The third-order valence-electron chi connectivity index (χ3n) is 2.31. The monoisotopic (exact) mass is 365 g/mol. The molecule has 1 amide bonds. The molecule has 0 atom stereocenters. The Bertz CT molecular complexity index is 479. The molecule has 0 saturated heterocycles. The summed E-state index contributed by atoms with van der Waals surface area (Å²) in [6.45, 7) is 2.21. The number of amides is 1. The molecule has 0 fully saturated rings. The second-order valence-corrected chi connectivity index (χ2v) is 4.70. The summed E-state index contributed by atoms with van der Waals surface area (Å²) in [5, 5.41) is 11.3. The third kappa shape index (κ3) is 3.56. The van der Waals surface area contributed by atoms with E-state index in [1.165, 1.54) is 23.1 Å². The highest BCUT2D eigenvalue weighted by molar-refractivity contribution is 14.1. The van der Waals surface area contributed by atoms with Crippen molar-refractivity contribution in [2.75, 3.05) is 13.1 Å². The predicted molar refractivity (Wildman–Crippen MR) is 74.1 cm³/mol. The van der Waals surface area contributed by atoms with Crippen molar-refractivity contribution in [3.63, 3.8) is 0 Å². The molecule has 0 aliphatic carbocycles. The van der Waals surface area contributed by atoms with Crippen molar-refractivity contribution in [2.45, 2.75) is 6.92 Å². The Morgan fingerprint density at radius 3 is 2.78 bits per heavy atom. The number of rotatable bonds is 4. The number of halogens is 2. The quantitative estimate of drug-likeness (QED) is 0.280. The van der Waals surface area contributed by atoms with E-state index >= 15 is 0 Å². The molecule has 0 aliphatic heterocycles. The number of carbonyl (C=O) groups excluding carboxylic acids is 1. The molecular weight excluding hydrogens is 352 g/mol. The van der Waals surface area contributed by atoms with Crippen molar-refractivity contribution < 1.29 is 14.4 Å². The van der Waals surface area contributed by atoms with Crippen molar-refractivity contribution in [3.05, 3.63) is 33.1 Å². The van der Waals surface area contributed by atoms with Crippen LogP contribution in [0.4, 0.5) is 4.39 Å². The molecule has 0 spiro atoms. The molecule has 98 valence electrons. The second-order valence-electron chi connectivity index (χ2n) is 3.53. The summed E-state index contributed by atoms with van der Waals surface area (Å²) in [6.07, 6.45) is 0. The van der Waals surface area contributed by atoms with Crippen molar-refractivity contribution in [1.82, 2.24) is 4.90 Å². The van der Waals surface area contributed by atoms with E-state index in [1.54, 1.807) is 6.92 Å². The first kappa shape index (κ1) is 14.7. The Morgan fingerprint density at radius 1 is 1.61 bits per heavy atom. The maximum absolute atomic E-state index is 13.0. The van der Waals surface area contributed by atoms with Crippen LogP contribution < -0.4 is 5.73 Å². The lowest BCUT2D eigenvalue weighted by atomic mass is 10.2. The van der Waals surface area contributed by atoms with Gasteiger partial charge in [-0.3, -0.25) is 4.79 Å². The van der Waals surface area contributed by atoms with Gasteiger partial charge in [0.2, 0.25) is 0 Å². The fourth-order valence-electron chi connectivity index (χ4n) is 1.39. The number of likely N-dealkylation sites (N-methyl/N-ethyl adjacent to an activating group) is 1. The lowest BCUT2D eigenvalue weighted by Gasteiger charge is -2.20. The van der Waals surface area contributed by atoms with Gasteiger partial charge in [0.05, 0.1) is 12.1 Å². The number of oxime groups is 1. The van der Waals surface area contributed by atoms with Crippen LogP contribution in [0, 0.1) is 9.39 Å². The highest BCUT2D eigenvalue weighted by atomic mass is 127. The van der Waals surface area contributed by atoms with Crippen molar-refractivity contribution in [3.8, 4) is 0 Å². The number of amidine groups is 1. The summed E-state index contributed by atoms with van der Waals surface area (Å²) in [6, 6.07) is 3.94. The highest BCUT2D eigenvalue weighted by Crippen LogP contribution is 2.16. The zero-order chi connectivity index (χ0) is 13.7. The molecule has 1 aromatic carbocycles. The van der Waals surface area contributed by atoms with Gasteiger partial charge in [-0.25, -0.2) is 4.39 Å². The molecule has 1 aromatic rings. The zero-order valence-corrected chi connectivity index (χ0v) is 11.9. The van der Waals surface area contributed by atoms with E-state index < -0.39 is 5.82 Å². The Kier molecular flexibility index (Phi) is 5.32. The lowest BCUT2D eigenvalue weighted by Crippen LogP contribution is -2.38. The van der Waals surface area contributed by atoms with Gasteiger partial charge in [0.1, 0.15) is 5.82 Å². The highest BCUT2D eigenvalue weighted by Gasteiger charge is 2.18. The van der Waals surface area contributed by atoms with Crippen LogP contribution in [0.2, 0.25) is 0 Å². The molecule has 0 radical (unpaired) electrons. The van der Waals surface area contributed by atoms with Crippen LogP contribution in [0.5, 0.6) is 0 Å². The average Bonchev–Trinajstić information content (AvgIpc) is 2.34. The normalized spacial score (nSPS) is 11.4. The Morgan fingerprint density at radius 2 is 2.28 bits per heavy atom. The summed E-state index contributed by atoms with van der Waals surface area (Å²) in [4.78, 5) is 13.6. The molecule has 18 heavy (non-hydrogen) atoms. The first-order chi connectivity index (χ1) is 8.49. The largest absolute Gasteiger partial charge is 0.409 e. The van der Waals surface area contributed by atoms with Gasteiger partial charge in [-0.2, -0.15) is 0 Å². The maximum Gasteiger partial charge on any atom is 0.255 e. The van der Waals surface area contributed by atoms with E-state index in [9.17, 15) is 9.18 Å².